The second-order valence-corrected chi connectivity index (χ2v) is 3.16. The van der Waals surface area contributed by atoms with Gasteiger partial charge in [-0.3, -0.25) is 0 Å². The lowest BCUT2D eigenvalue weighted by molar-refractivity contribution is 0.979. The maximum absolute atomic E-state index is 8.78. The summed E-state index contributed by atoms with van der Waals surface area (Å²) in [6, 6.07) is 7.33. The van der Waals surface area contributed by atoms with Crippen molar-refractivity contribution in [1.82, 2.24) is 0 Å². The first-order valence-corrected chi connectivity index (χ1v) is 4.59. The SMILES string of the molecule is CCCNc1cc(Cl)ccc1C#N. The molecule has 0 saturated heterocycles. The summed E-state index contributed by atoms with van der Waals surface area (Å²) >= 11 is 5.80. The summed E-state index contributed by atoms with van der Waals surface area (Å²) in [7, 11) is 0. The number of nitriles is 1. The van der Waals surface area contributed by atoms with Gasteiger partial charge < -0.3 is 5.32 Å². The van der Waals surface area contributed by atoms with Gasteiger partial charge >= 0.3 is 0 Å². The van der Waals surface area contributed by atoms with Crippen LogP contribution in [-0.2, 0) is 0 Å². The van der Waals surface area contributed by atoms with E-state index in [2.05, 4.69) is 18.3 Å². The van der Waals surface area contributed by atoms with Crippen molar-refractivity contribution in [3.8, 4) is 6.07 Å². The monoisotopic (exact) mass is 194 g/mol. The van der Waals surface area contributed by atoms with Crippen LogP contribution in [0, 0.1) is 11.3 Å². The minimum Gasteiger partial charge on any atom is -0.384 e. The Labute approximate surface area is 83.1 Å². The maximum atomic E-state index is 8.78. The molecule has 0 bridgehead atoms. The van der Waals surface area contributed by atoms with Gasteiger partial charge in [-0.15, -0.1) is 0 Å². The second kappa shape index (κ2) is 4.74. The Bertz CT molecular complexity index is 328. The molecule has 1 N–H and O–H groups in total. The Morgan fingerprint density at radius 3 is 2.92 bits per heavy atom. The third kappa shape index (κ3) is 2.64. The maximum Gasteiger partial charge on any atom is 0.101 e. The highest BCUT2D eigenvalue weighted by Gasteiger charge is 2.00. The van der Waals surface area contributed by atoms with Crippen LogP contribution in [0.1, 0.15) is 18.9 Å². The van der Waals surface area contributed by atoms with E-state index in [-0.39, 0.29) is 0 Å². The van der Waals surface area contributed by atoms with Crippen molar-refractivity contribution < 1.29 is 0 Å². The normalized spacial score (nSPS) is 9.31. The number of hydrogen-bond acceptors (Lipinski definition) is 2. The Hall–Kier alpha value is -1.20. The number of halogens is 1. The average Bonchev–Trinajstić information content (AvgIpc) is 2.15. The predicted octanol–water partition coefficient (Wildman–Crippen LogP) is 3.03. The molecule has 0 amide bonds. The lowest BCUT2D eigenvalue weighted by Gasteiger charge is -2.06. The summed E-state index contributed by atoms with van der Waals surface area (Å²) < 4.78 is 0. The van der Waals surface area contributed by atoms with Gasteiger partial charge in [0.05, 0.1) is 11.3 Å². The van der Waals surface area contributed by atoms with Crippen LogP contribution in [0.3, 0.4) is 0 Å². The number of nitrogens with one attached hydrogen (secondary N) is 1. The standard InChI is InChI=1S/C10H11ClN2/c1-2-5-13-10-6-9(11)4-3-8(10)7-12/h3-4,6,13H,2,5H2,1H3. The minimum absolute atomic E-state index is 0.637. The third-order valence-electron chi connectivity index (χ3n) is 1.67. The molecule has 0 spiro atoms. The highest BCUT2D eigenvalue weighted by atomic mass is 35.5. The van der Waals surface area contributed by atoms with Gasteiger partial charge in [0.2, 0.25) is 0 Å². The number of hydrogen-bond donors (Lipinski definition) is 1. The van der Waals surface area contributed by atoms with E-state index in [0.717, 1.165) is 18.7 Å². The Kier molecular flexibility index (Phi) is 3.60. The van der Waals surface area contributed by atoms with Crippen molar-refractivity contribution in [2.24, 2.45) is 0 Å². The van der Waals surface area contributed by atoms with Gasteiger partial charge in [-0.1, -0.05) is 18.5 Å². The lowest BCUT2D eigenvalue weighted by Crippen LogP contribution is -2.01. The summed E-state index contributed by atoms with van der Waals surface area (Å²) in [5, 5.41) is 12.6. The average molecular weight is 195 g/mol. The highest BCUT2D eigenvalue weighted by molar-refractivity contribution is 6.30. The molecule has 68 valence electrons. The molecular formula is C10H11ClN2. The number of anilines is 1. The van der Waals surface area contributed by atoms with Gasteiger partial charge in [-0.25, -0.2) is 0 Å². The molecule has 13 heavy (non-hydrogen) atoms. The lowest BCUT2D eigenvalue weighted by atomic mass is 10.2. The van der Waals surface area contributed by atoms with Gasteiger partial charge in [-0.05, 0) is 24.6 Å². The van der Waals surface area contributed by atoms with E-state index in [4.69, 9.17) is 16.9 Å². The van der Waals surface area contributed by atoms with E-state index >= 15 is 0 Å². The van der Waals surface area contributed by atoms with Gasteiger partial charge in [0.15, 0.2) is 0 Å². The molecule has 3 heteroatoms. The van der Waals surface area contributed by atoms with Crippen LogP contribution in [0.15, 0.2) is 18.2 Å². The third-order valence-corrected chi connectivity index (χ3v) is 1.90. The zero-order chi connectivity index (χ0) is 9.68. The van der Waals surface area contributed by atoms with Crippen LogP contribution >= 0.6 is 11.6 Å². The van der Waals surface area contributed by atoms with Crippen LogP contribution in [0.2, 0.25) is 5.02 Å². The summed E-state index contributed by atoms with van der Waals surface area (Å²) in [5.41, 5.74) is 1.45. The molecule has 0 aliphatic carbocycles. The van der Waals surface area contributed by atoms with E-state index in [0.29, 0.717) is 10.6 Å². The number of nitrogens with zero attached hydrogens (tertiary/aromatic N) is 1. The molecule has 2 nitrogen and oxygen atoms in total. The fourth-order valence-corrected chi connectivity index (χ4v) is 1.19. The minimum atomic E-state index is 0.637. The first-order chi connectivity index (χ1) is 6.27. The molecular weight excluding hydrogens is 184 g/mol. The Morgan fingerprint density at radius 1 is 1.54 bits per heavy atom. The van der Waals surface area contributed by atoms with Gasteiger partial charge in [0.1, 0.15) is 6.07 Å². The van der Waals surface area contributed by atoms with Crippen molar-refractivity contribution >= 4 is 17.3 Å². The molecule has 1 rings (SSSR count). The largest absolute Gasteiger partial charge is 0.384 e. The van der Waals surface area contributed by atoms with Crippen molar-refractivity contribution in [2.75, 3.05) is 11.9 Å². The number of rotatable bonds is 3. The quantitative estimate of drug-likeness (QED) is 0.803. The smallest absolute Gasteiger partial charge is 0.101 e. The molecule has 1 aromatic carbocycles. The zero-order valence-electron chi connectivity index (χ0n) is 7.47. The molecule has 0 radical (unpaired) electrons. The summed E-state index contributed by atoms with van der Waals surface area (Å²) in [6.45, 7) is 2.93. The van der Waals surface area contributed by atoms with E-state index in [1.54, 1.807) is 18.2 Å². The summed E-state index contributed by atoms with van der Waals surface area (Å²) in [4.78, 5) is 0. The van der Waals surface area contributed by atoms with Crippen molar-refractivity contribution in [3.63, 3.8) is 0 Å². The van der Waals surface area contributed by atoms with E-state index in [9.17, 15) is 0 Å². The van der Waals surface area contributed by atoms with Crippen LogP contribution in [0.4, 0.5) is 5.69 Å². The van der Waals surface area contributed by atoms with E-state index < -0.39 is 0 Å². The number of benzene rings is 1. The first kappa shape index (κ1) is 9.88. The molecule has 0 unspecified atom stereocenters. The fraction of sp³-hybridized carbons (Fsp3) is 0.300. The topological polar surface area (TPSA) is 35.8 Å². The van der Waals surface area contributed by atoms with E-state index in [1.807, 2.05) is 0 Å². The summed E-state index contributed by atoms with van der Waals surface area (Å²) in [6.07, 6.45) is 1.03. The molecule has 1 aromatic rings. The molecule has 0 aliphatic rings. The van der Waals surface area contributed by atoms with Crippen LogP contribution in [0.5, 0.6) is 0 Å². The second-order valence-electron chi connectivity index (χ2n) is 2.73. The van der Waals surface area contributed by atoms with Crippen molar-refractivity contribution in [2.45, 2.75) is 13.3 Å². The fourth-order valence-electron chi connectivity index (χ4n) is 1.02. The Balaban J connectivity index is 2.89. The molecule has 0 atom stereocenters. The van der Waals surface area contributed by atoms with Gasteiger partial charge in [-0.2, -0.15) is 5.26 Å². The first-order valence-electron chi connectivity index (χ1n) is 4.21. The van der Waals surface area contributed by atoms with Crippen molar-refractivity contribution in [1.29, 1.82) is 5.26 Å². The van der Waals surface area contributed by atoms with Gasteiger partial charge in [0.25, 0.3) is 0 Å². The van der Waals surface area contributed by atoms with Crippen LogP contribution in [-0.4, -0.2) is 6.54 Å². The van der Waals surface area contributed by atoms with Crippen LogP contribution < -0.4 is 5.32 Å². The highest BCUT2D eigenvalue weighted by Crippen LogP contribution is 2.20. The van der Waals surface area contributed by atoms with E-state index in [1.165, 1.54) is 0 Å². The van der Waals surface area contributed by atoms with Crippen molar-refractivity contribution in [3.05, 3.63) is 28.8 Å². The molecule has 0 saturated carbocycles. The zero-order valence-corrected chi connectivity index (χ0v) is 8.23. The van der Waals surface area contributed by atoms with Gasteiger partial charge in [0, 0.05) is 11.6 Å². The molecule has 0 aliphatic heterocycles. The predicted molar refractivity (Wildman–Crippen MR) is 54.9 cm³/mol. The Morgan fingerprint density at radius 2 is 2.31 bits per heavy atom. The molecule has 0 fully saturated rings. The van der Waals surface area contributed by atoms with Crippen LogP contribution in [0.25, 0.3) is 0 Å². The summed E-state index contributed by atoms with van der Waals surface area (Å²) in [5.74, 6) is 0. The molecule has 0 aromatic heterocycles. The molecule has 0 heterocycles.